The molecule has 1 aliphatic carbocycles. The fraction of sp³-hybridized carbons (Fsp3) is 0.583. The van der Waals surface area contributed by atoms with Crippen LogP contribution < -0.4 is 4.74 Å². The number of aromatic nitrogens is 1. The van der Waals surface area contributed by atoms with E-state index in [0.717, 1.165) is 19.1 Å². The summed E-state index contributed by atoms with van der Waals surface area (Å²) in [5.41, 5.74) is 0.526. The van der Waals surface area contributed by atoms with Crippen LogP contribution in [0.3, 0.4) is 0 Å². The first-order valence-corrected chi connectivity index (χ1v) is 8.16. The molecule has 1 heterocycles. The van der Waals surface area contributed by atoms with Crippen molar-refractivity contribution in [3.63, 3.8) is 0 Å². The highest BCUT2D eigenvalue weighted by molar-refractivity contribution is 7.86. The van der Waals surface area contributed by atoms with Crippen LogP contribution in [0.25, 0.3) is 0 Å². The molecule has 1 aromatic heterocycles. The fourth-order valence-corrected chi connectivity index (χ4v) is 2.62. The normalized spacial score (nSPS) is 17.2. The maximum atomic E-state index is 11.3. The minimum Gasteiger partial charge on any atom is -0.495 e. The van der Waals surface area contributed by atoms with Crippen molar-refractivity contribution in [3.05, 3.63) is 23.0 Å². The molecule has 106 valence electrons. The number of ether oxygens (including phenoxy) is 1. The van der Waals surface area contributed by atoms with E-state index in [0.29, 0.717) is 28.8 Å². The summed E-state index contributed by atoms with van der Waals surface area (Å²) in [5, 5.41) is 0.385. The maximum absolute atomic E-state index is 11.3. The van der Waals surface area contributed by atoms with Crippen LogP contribution in [0, 0.1) is 5.92 Å². The van der Waals surface area contributed by atoms with Gasteiger partial charge in [0.15, 0.2) is 0 Å². The Morgan fingerprint density at radius 2 is 2.21 bits per heavy atom. The predicted molar refractivity (Wildman–Crippen MR) is 71.8 cm³/mol. The van der Waals surface area contributed by atoms with Crippen LogP contribution in [-0.4, -0.2) is 26.8 Å². The Morgan fingerprint density at radius 3 is 2.74 bits per heavy atom. The van der Waals surface area contributed by atoms with Crippen LogP contribution in [0.2, 0.25) is 5.02 Å². The zero-order valence-corrected chi connectivity index (χ0v) is 12.4. The van der Waals surface area contributed by atoms with Gasteiger partial charge in [0.05, 0.1) is 19.1 Å². The van der Waals surface area contributed by atoms with Gasteiger partial charge in [0, 0.05) is 12.3 Å². The van der Waals surface area contributed by atoms with Crippen molar-refractivity contribution < 1.29 is 17.3 Å². The Morgan fingerprint density at radius 1 is 1.53 bits per heavy atom. The summed E-state index contributed by atoms with van der Waals surface area (Å²) in [4.78, 5) is 4.15. The fourth-order valence-electron chi connectivity index (χ4n) is 1.84. The van der Waals surface area contributed by atoms with E-state index in [1.54, 1.807) is 6.07 Å². The first-order chi connectivity index (χ1) is 8.89. The number of rotatable bonds is 6. The molecule has 1 aliphatic rings. The first-order valence-electron chi connectivity index (χ1n) is 5.96. The van der Waals surface area contributed by atoms with Crippen LogP contribution in [0.5, 0.6) is 5.75 Å². The second-order valence-electron chi connectivity index (χ2n) is 4.71. The van der Waals surface area contributed by atoms with Gasteiger partial charge in [-0.1, -0.05) is 24.4 Å². The molecule has 0 spiro atoms. The molecule has 0 radical (unpaired) electrons. The molecule has 1 fully saturated rings. The SMILES string of the molecule is COc1cc(C(CC2CC2)OS(C)(=O)=O)ncc1Cl. The van der Waals surface area contributed by atoms with Gasteiger partial charge in [-0.2, -0.15) is 8.42 Å². The zero-order valence-electron chi connectivity index (χ0n) is 10.8. The third kappa shape index (κ3) is 4.33. The van der Waals surface area contributed by atoms with Gasteiger partial charge >= 0.3 is 0 Å². The standard InChI is InChI=1S/C12H16ClNO4S/c1-17-11-6-10(14-7-9(11)13)12(5-8-3-4-8)18-19(2,15)16/h6-8,12H,3-5H2,1-2H3. The van der Waals surface area contributed by atoms with Crippen LogP contribution in [0.4, 0.5) is 0 Å². The predicted octanol–water partition coefficient (Wildman–Crippen LogP) is 2.56. The monoisotopic (exact) mass is 305 g/mol. The summed E-state index contributed by atoms with van der Waals surface area (Å²) in [6.07, 6.45) is 4.77. The second-order valence-corrected chi connectivity index (χ2v) is 6.72. The van der Waals surface area contributed by atoms with E-state index < -0.39 is 16.2 Å². The van der Waals surface area contributed by atoms with Crippen LogP contribution in [0.15, 0.2) is 12.3 Å². The van der Waals surface area contributed by atoms with E-state index in [4.69, 9.17) is 20.5 Å². The van der Waals surface area contributed by atoms with Crippen molar-refractivity contribution in [2.24, 2.45) is 5.92 Å². The third-order valence-corrected chi connectivity index (χ3v) is 3.79. The number of hydrogen-bond donors (Lipinski definition) is 0. The van der Waals surface area contributed by atoms with E-state index >= 15 is 0 Å². The van der Waals surface area contributed by atoms with E-state index in [9.17, 15) is 8.42 Å². The molecule has 0 N–H and O–H groups in total. The molecule has 19 heavy (non-hydrogen) atoms. The quantitative estimate of drug-likeness (QED) is 0.756. The summed E-state index contributed by atoms with van der Waals surface area (Å²) in [7, 11) is -2.03. The Balaban J connectivity index is 2.25. The number of hydrogen-bond acceptors (Lipinski definition) is 5. The smallest absolute Gasteiger partial charge is 0.265 e. The Labute approximate surface area is 118 Å². The van der Waals surface area contributed by atoms with Crippen molar-refractivity contribution in [1.82, 2.24) is 4.98 Å². The van der Waals surface area contributed by atoms with E-state index in [2.05, 4.69) is 4.98 Å². The van der Waals surface area contributed by atoms with Crippen LogP contribution in [-0.2, 0) is 14.3 Å². The maximum Gasteiger partial charge on any atom is 0.265 e. The molecule has 1 unspecified atom stereocenters. The second kappa shape index (κ2) is 5.64. The van der Waals surface area contributed by atoms with Gasteiger partial charge in [-0.15, -0.1) is 0 Å². The van der Waals surface area contributed by atoms with Gasteiger partial charge in [-0.25, -0.2) is 0 Å². The Kier molecular flexibility index (Phi) is 4.32. The summed E-state index contributed by atoms with van der Waals surface area (Å²) in [5.74, 6) is 0.972. The van der Waals surface area contributed by atoms with Gasteiger partial charge in [-0.3, -0.25) is 9.17 Å². The van der Waals surface area contributed by atoms with Gasteiger partial charge < -0.3 is 4.74 Å². The number of nitrogens with zero attached hydrogens (tertiary/aromatic N) is 1. The van der Waals surface area contributed by atoms with Gasteiger partial charge in [0.25, 0.3) is 10.1 Å². The lowest BCUT2D eigenvalue weighted by molar-refractivity contribution is 0.192. The van der Waals surface area contributed by atoms with Crippen molar-refractivity contribution in [2.45, 2.75) is 25.4 Å². The highest BCUT2D eigenvalue weighted by Gasteiger charge is 2.30. The number of pyridine rings is 1. The minimum atomic E-state index is -3.53. The highest BCUT2D eigenvalue weighted by Crippen LogP contribution is 2.40. The largest absolute Gasteiger partial charge is 0.495 e. The van der Waals surface area contributed by atoms with E-state index in [1.165, 1.54) is 13.3 Å². The van der Waals surface area contributed by atoms with Gasteiger partial charge in [0.1, 0.15) is 16.9 Å². The lowest BCUT2D eigenvalue weighted by Crippen LogP contribution is -2.12. The van der Waals surface area contributed by atoms with Crippen LogP contribution >= 0.6 is 11.6 Å². The minimum absolute atomic E-state index is 0.385. The van der Waals surface area contributed by atoms with Gasteiger partial charge in [-0.05, 0) is 12.3 Å². The molecule has 0 aromatic carbocycles. The summed E-state index contributed by atoms with van der Waals surface area (Å²) < 4.78 is 32.9. The Bertz CT molecular complexity index is 557. The third-order valence-electron chi connectivity index (χ3n) is 2.93. The molecule has 1 saturated carbocycles. The molecule has 0 saturated heterocycles. The molecule has 1 aromatic rings. The molecule has 0 amide bonds. The lowest BCUT2D eigenvalue weighted by Gasteiger charge is -2.16. The number of methoxy groups -OCH3 is 1. The van der Waals surface area contributed by atoms with Crippen molar-refractivity contribution in [2.75, 3.05) is 13.4 Å². The summed E-state index contributed by atoms with van der Waals surface area (Å²) in [6.45, 7) is 0. The van der Waals surface area contributed by atoms with E-state index in [-0.39, 0.29) is 0 Å². The summed E-state index contributed by atoms with van der Waals surface area (Å²) >= 11 is 5.91. The van der Waals surface area contributed by atoms with Crippen LogP contribution in [0.1, 0.15) is 31.1 Å². The van der Waals surface area contributed by atoms with Crippen molar-refractivity contribution in [1.29, 1.82) is 0 Å². The molecule has 5 nitrogen and oxygen atoms in total. The first kappa shape index (κ1) is 14.6. The topological polar surface area (TPSA) is 65.5 Å². The average molecular weight is 306 g/mol. The van der Waals surface area contributed by atoms with Crippen molar-refractivity contribution in [3.8, 4) is 5.75 Å². The average Bonchev–Trinajstić information content (AvgIpc) is 3.11. The van der Waals surface area contributed by atoms with E-state index in [1.807, 2.05) is 0 Å². The summed E-state index contributed by atoms with van der Waals surface area (Å²) in [6, 6.07) is 1.63. The number of halogens is 1. The molecular formula is C12H16ClNO4S. The zero-order chi connectivity index (χ0) is 14.0. The molecule has 1 atom stereocenters. The molecular weight excluding hydrogens is 290 g/mol. The Hall–Kier alpha value is -0.850. The van der Waals surface area contributed by atoms with Crippen molar-refractivity contribution >= 4 is 21.7 Å². The highest BCUT2D eigenvalue weighted by atomic mass is 35.5. The molecule has 2 rings (SSSR count). The van der Waals surface area contributed by atoms with Gasteiger partial charge in [0.2, 0.25) is 0 Å². The lowest BCUT2D eigenvalue weighted by atomic mass is 10.1. The molecule has 0 aliphatic heterocycles. The molecule has 0 bridgehead atoms. The molecule has 7 heteroatoms.